The molecule has 128 valence electrons. The van der Waals surface area contributed by atoms with E-state index in [0.717, 1.165) is 0 Å². The molecule has 1 atom stereocenters. The highest BCUT2D eigenvalue weighted by molar-refractivity contribution is 5.97. The molecular weight excluding hydrogens is 323 g/mol. The second kappa shape index (κ2) is 7.72. The van der Waals surface area contributed by atoms with Crippen LogP contribution in [0, 0.1) is 5.82 Å². The van der Waals surface area contributed by atoms with Crippen molar-refractivity contribution >= 4 is 5.91 Å². The summed E-state index contributed by atoms with van der Waals surface area (Å²) in [5.74, 6) is -1.29. The van der Waals surface area contributed by atoms with Crippen LogP contribution in [0.2, 0.25) is 0 Å². The first-order valence-corrected chi connectivity index (χ1v) is 7.10. The maximum atomic E-state index is 13.7. The zero-order valence-electron chi connectivity index (χ0n) is 13.1. The van der Waals surface area contributed by atoms with Crippen LogP contribution in [0.1, 0.15) is 28.9 Å². The SMILES string of the molecule is COc1ccc([C@H](C)NC(=O)c2ccccc2OC(F)F)cc1F. The van der Waals surface area contributed by atoms with E-state index in [-0.39, 0.29) is 17.1 Å². The normalized spacial score (nSPS) is 11.9. The molecule has 0 bridgehead atoms. The number of halogens is 3. The zero-order chi connectivity index (χ0) is 17.7. The molecule has 0 fully saturated rings. The van der Waals surface area contributed by atoms with Gasteiger partial charge >= 0.3 is 6.61 Å². The van der Waals surface area contributed by atoms with Crippen molar-refractivity contribution in [1.29, 1.82) is 0 Å². The molecule has 1 N–H and O–H groups in total. The second-order valence-corrected chi connectivity index (χ2v) is 4.96. The third kappa shape index (κ3) is 4.18. The van der Waals surface area contributed by atoms with Crippen molar-refractivity contribution in [3.05, 3.63) is 59.4 Å². The Kier molecular flexibility index (Phi) is 5.68. The average molecular weight is 339 g/mol. The molecule has 0 unspecified atom stereocenters. The molecule has 0 aliphatic heterocycles. The van der Waals surface area contributed by atoms with Gasteiger partial charge in [-0.3, -0.25) is 4.79 Å². The second-order valence-electron chi connectivity index (χ2n) is 4.96. The van der Waals surface area contributed by atoms with Crippen molar-refractivity contribution in [2.24, 2.45) is 0 Å². The summed E-state index contributed by atoms with van der Waals surface area (Å²) >= 11 is 0. The first-order valence-electron chi connectivity index (χ1n) is 7.10. The summed E-state index contributed by atoms with van der Waals surface area (Å²) in [5, 5.41) is 2.62. The van der Waals surface area contributed by atoms with E-state index >= 15 is 0 Å². The molecule has 0 saturated heterocycles. The fraction of sp³-hybridized carbons (Fsp3) is 0.235. The number of benzene rings is 2. The molecule has 2 rings (SSSR count). The maximum absolute atomic E-state index is 13.7. The number of ether oxygens (including phenoxy) is 2. The topological polar surface area (TPSA) is 47.6 Å². The van der Waals surface area contributed by atoms with Gasteiger partial charge < -0.3 is 14.8 Å². The number of amides is 1. The lowest BCUT2D eigenvalue weighted by atomic mass is 10.1. The van der Waals surface area contributed by atoms with Gasteiger partial charge in [-0.1, -0.05) is 18.2 Å². The number of nitrogens with one attached hydrogen (secondary N) is 1. The van der Waals surface area contributed by atoms with Crippen molar-refractivity contribution in [2.45, 2.75) is 19.6 Å². The first-order chi connectivity index (χ1) is 11.4. The Morgan fingerprint density at radius 2 is 1.83 bits per heavy atom. The molecule has 0 aromatic heterocycles. The van der Waals surface area contributed by atoms with Gasteiger partial charge in [-0.15, -0.1) is 0 Å². The number of para-hydroxylation sites is 1. The monoisotopic (exact) mass is 339 g/mol. The van der Waals surface area contributed by atoms with Gasteiger partial charge in [-0.25, -0.2) is 4.39 Å². The molecule has 4 nitrogen and oxygen atoms in total. The molecule has 1 amide bonds. The number of hydrogen-bond donors (Lipinski definition) is 1. The van der Waals surface area contributed by atoms with E-state index in [0.29, 0.717) is 5.56 Å². The minimum atomic E-state index is -3.04. The molecule has 0 aliphatic rings. The lowest BCUT2D eigenvalue weighted by Gasteiger charge is -2.16. The van der Waals surface area contributed by atoms with Gasteiger partial charge in [0.2, 0.25) is 0 Å². The van der Waals surface area contributed by atoms with Crippen molar-refractivity contribution in [3.63, 3.8) is 0 Å². The smallest absolute Gasteiger partial charge is 0.387 e. The molecule has 0 radical (unpaired) electrons. The van der Waals surface area contributed by atoms with Gasteiger partial charge in [-0.2, -0.15) is 8.78 Å². The average Bonchev–Trinajstić information content (AvgIpc) is 2.54. The van der Waals surface area contributed by atoms with Gasteiger partial charge in [0.05, 0.1) is 18.7 Å². The Hall–Kier alpha value is -2.70. The molecule has 2 aromatic carbocycles. The van der Waals surface area contributed by atoms with Crippen LogP contribution in [0.3, 0.4) is 0 Å². The van der Waals surface area contributed by atoms with Gasteiger partial charge in [0, 0.05) is 0 Å². The Morgan fingerprint density at radius 3 is 2.46 bits per heavy atom. The highest BCUT2D eigenvalue weighted by Crippen LogP contribution is 2.24. The number of methoxy groups -OCH3 is 1. The quantitative estimate of drug-likeness (QED) is 0.867. The summed E-state index contributed by atoms with van der Waals surface area (Å²) in [4.78, 5) is 12.3. The Balaban J connectivity index is 2.16. The van der Waals surface area contributed by atoms with E-state index in [9.17, 15) is 18.0 Å². The Bertz CT molecular complexity index is 722. The van der Waals surface area contributed by atoms with Crippen LogP contribution >= 0.6 is 0 Å². The summed E-state index contributed by atoms with van der Waals surface area (Å²) in [6.45, 7) is -1.39. The molecule has 0 saturated carbocycles. The van der Waals surface area contributed by atoms with Crippen LogP contribution in [-0.2, 0) is 0 Å². The number of alkyl halides is 2. The van der Waals surface area contributed by atoms with E-state index in [1.165, 1.54) is 43.5 Å². The van der Waals surface area contributed by atoms with Crippen LogP contribution in [0.25, 0.3) is 0 Å². The number of rotatable bonds is 6. The largest absolute Gasteiger partial charge is 0.494 e. The molecule has 2 aromatic rings. The Morgan fingerprint density at radius 1 is 1.12 bits per heavy atom. The zero-order valence-corrected chi connectivity index (χ0v) is 13.1. The summed E-state index contributed by atoms with van der Waals surface area (Å²) in [5.41, 5.74) is 0.479. The van der Waals surface area contributed by atoms with Crippen molar-refractivity contribution in [3.8, 4) is 11.5 Å². The van der Waals surface area contributed by atoms with Gasteiger partial charge in [-0.05, 0) is 36.8 Å². The van der Waals surface area contributed by atoms with E-state index < -0.39 is 24.4 Å². The fourth-order valence-electron chi connectivity index (χ4n) is 2.16. The highest BCUT2D eigenvalue weighted by Gasteiger charge is 2.18. The molecule has 24 heavy (non-hydrogen) atoms. The third-order valence-corrected chi connectivity index (χ3v) is 3.37. The van der Waals surface area contributed by atoms with E-state index in [2.05, 4.69) is 10.1 Å². The molecule has 0 spiro atoms. The first kappa shape index (κ1) is 17.7. The number of carbonyl (C=O) groups is 1. The van der Waals surface area contributed by atoms with Gasteiger partial charge in [0.1, 0.15) is 5.75 Å². The van der Waals surface area contributed by atoms with Crippen LogP contribution in [0.15, 0.2) is 42.5 Å². The van der Waals surface area contributed by atoms with Crippen molar-refractivity contribution in [1.82, 2.24) is 5.32 Å². The molecule has 0 heterocycles. The predicted octanol–water partition coefficient (Wildman–Crippen LogP) is 3.93. The molecule has 7 heteroatoms. The lowest BCUT2D eigenvalue weighted by molar-refractivity contribution is -0.0501. The van der Waals surface area contributed by atoms with Crippen LogP contribution in [0.5, 0.6) is 11.5 Å². The van der Waals surface area contributed by atoms with Crippen LogP contribution in [0.4, 0.5) is 13.2 Å². The number of carbonyl (C=O) groups excluding carboxylic acids is 1. The predicted molar refractivity (Wildman–Crippen MR) is 81.9 cm³/mol. The summed E-state index contributed by atoms with van der Waals surface area (Å²) in [6, 6.07) is 9.41. The minimum absolute atomic E-state index is 0.0290. The highest BCUT2D eigenvalue weighted by atomic mass is 19.3. The minimum Gasteiger partial charge on any atom is -0.494 e. The molecular formula is C17H16F3NO3. The van der Waals surface area contributed by atoms with E-state index in [1.54, 1.807) is 13.0 Å². The van der Waals surface area contributed by atoms with Crippen LogP contribution < -0.4 is 14.8 Å². The standard InChI is InChI=1S/C17H16F3NO3/c1-10(11-7-8-15(23-2)13(18)9-11)21-16(22)12-5-3-4-6-14(12)24-17(19)20/h3-10,17H,1-2H3,(H,21,22)/t10-/m0/s1. The van der Waals surface area contributed by atoms with E-state index in [4.69, 9.17) is 4.74 Å². The van der Waals surface area contributed by atoms with Crippen molar-refractivity contribution < 1.29 is 27.4 Å². The van der Waals surface area contributed by atoms with Gasteiger partial charge in [0.25, 0.3) is 5.91 Å². The summed E-state index contributed by atoms with van der Waals surface area (Å²) in [7, 11) is 1.35. The molecule has 0 aliphatic carbocycles. The van der Waals surface area contributed by atoms with Gasteiger partial charge in [0.15, 0.2) is 11.6 Å². The van der Waals surface area contributed by atoms with E-state index in [1.807, 2.05) is 0 Å². The number of hydrogen-bond acceptors (Lipinski definition) is 3. The summed E-state index contributed by atoms with van der Waals surface area (Å²) in [6.07, 6.45) is 0. The lowest BCUT2D eigenvalue weighted by Crippen LogP contribution is -2.27. The maximum Gasteiger partial charge on any atom is 0.387 e. The van der Waals surface area contributed by atoms with Crippen LogP contribution in [-0.4, -0.2) is 19.6 Å². The third-order valence-electron chi connectivity index (χ3n) is 3.37. The van der Waals surface area contributed by atoms with Crippen molar-refractivity contribution in [2.75, 3.05) is 7.11 Å². The fourth-order valence-corrected chi connectivity index (χ4v) is 2.16. The Labute approximate surface area is 137 Å². The summed E-state index contributed by atoms with van der Waals surface area (Å²) < 4.78 is 47.7.